The van der Waals surface area contributed by atoms with Gasteiger partial charge in [0.2, 0.25) is 0 Å². The lowest BCUT2D eigenvalue weighted by molar-refractivity contribution is 0.374. The van der Waals surface area contributed by atoms with E-state index in [4.69, 9.17) is 14.2 Å². The van der Waals surface area contributed by atoms with Crippen molar-refractivity contribution < 1.29 is 34.6 Å². The van der Waals surface area contributed by atoms with Crippen LogP contribution in [0.15, 0.2) is 66.7 Å². The number of ether oxygens (including phenoxy) is 3. The molecule has 0 amide bonds. The van der Waals surface area contributed by atoms with Gasteiger partial charge in [0, 0.05) is 34.0 Å². The number of hydrogen-bond acceptors (Lipinski definition) is 7. The molecular weight excluding hydrogens is 484 g/mol. The molecule has 6 aromatic carbocycles. The Kier molecular flexibility index (Phi) is 5.24. The lowest BCUT2D eigenvalue weighted by Crippen LogP contribution is -1.94. The SMILES string of the molecule is COc1cc2c(ccc3c(-c4c(O)cc(OC)c5c4ccc4cc(O)ccc45)c(O)cc(OC)c32)cc1O. The molecule has 0 saturated heterocycles. The molecule has 0 unspecified atom stereocenters. The number of fused-ring (bicyclic) bond motifs is 6. The van der Waals surface area contributed by atoms with E-state index in [0.29, 0.717) is 44.5 Å². The van der Waals surface area contributed by atoms with Crippen molar-refractivity contribution in [3.8, 4) is 51.4 Å². The van der Waals surface area contributed by atoms with E-state index in [1.54, 1.807) is 30.3 Å². The zero-order valence-corrected chi connectivity index (χ0v) is 20.9. The molecular formula is C31H24O7. The number of methoxy groups -OCH3 is 3. The number of hydrogen-bond donors (Lipinski definition) is 4. The zero-order valence-electron chi connectivity index (χ0n) is 20.9. The smallest absolute Gasteiger partial charge is 0.161 e. The lowest BCUT2D eigenvalue weighted by Gasteiger charge is -2.19. The highest BCUT2D eigenvalue weighted by atomic mass is 16.5. The van der Waals surface area contributed by atoms with Crippen molar-refractivity contribution in [3.63, 3.8) is 0 Å². The summed E-state index contributed by atoms with van der Waals surface area (Å²) in [6, 6.07) is 18.8. The normalized spacial score (nSPS) is 11.4. The molecule has 0 bridgehead atoms. The highest BCUT2D eigenvalue weighted by Gasteiger charge is 2.23. The van der Waals surface area contributed by atoms with Gasteiger partial charge in [-0.15, -0.1) is 0 Å². The van der Waals surface area contributed by atoms with Crippen molar-refractivity contribution >= 4 is 43.1 Å². The second kappa shape index (κ2) is 8.52. The molecule has 0 aromatic heterocycles. The molecule has 6 aromatic rings. The lowest BCUT2D eigenvalue weighted by atomic mass is 9.88. The summed E-state index contributed by atoms with van der Waals surface area (Å²) >= 11 is 0. The Bertz CT molecular complexity index is 1920. The average Bonchev–Trinajstić information content (AvgIpc) is 2.91. The highest BCUT2D eigenvalue weighted by molar-refractivity contribution is 6.22. The van der Waals surface area contributed by atoms with Crippen LogP contribution in [0.25, 0.3) is 54.2 Å². The molecule has 0 radical (unpaired) electrons. The van der Waals surface area contributed by atoms with E-state index in [1.807, 2.05) is 24.3 Å². The number of phenols is 4. The second-order valence-corrected chi connectivity index (χ2v) is 9.07. The van der Waals surface area contributed by atoms with Gasteiger partial charge in [-0.2, -0.15) is 0 Å². The molecule has 7 heteroatoms. The van der Waals surface area contributed by atoms with Gasteiger partial charge in [-0.05, 0) is 62.6 Å². The van der Waals surface area contributed by atoms with Crippen LogP contribution in [-0.2, 0) is 0 Å². The van der Waals surface area contributed by atoms with Gasteiger partial charge < -0.3 is 34.6 Å². The summed E-state index contributed by atoms with van der Waals surface area (Å²) < 4.78 is 16.7. The van der Waals surface area contributed by atoms with Crippen LogP contribution in [0.4, 0.5) is 0 Å². The Morgan fingerprint density at radius 3 is 1.50 bits per heavy atom. The van der Waals surface area contributed by atoms with Gasteiger partial charge in [-0.25, -0.2) is 0 Å². The van der Waals surface area contributed by atoms with Crippen molar-refractivity contribution in [2.45, 2.75) is 0 Å². The van der Waals surface area contributed by atoms with Crippen molar-refractivity contribution in [2.75, 3.05) is 21.3 Å². The summed E-state index contributed by atoms with van der Waals surface area (Å²) in [5.74, 6) is 1.19. The van der Waals surface area contributed by atoms with Crippen molar-refractivity contribution in [1.82, 2.24) is 0 Å². The Hall–Kier alpha value is -5.04. The molecule has 0 saturated carbocycles. The second-order valence-electron chi connectivity index (χ2n) is 9.07. The molecule has 190 valence electrons. The molecule has 0 aliphatic rings. The van der Waals surface area contributed by atoms with Crippen LogP contribution in [0.3, 0.4) is 0 Å². The maximum atomic E-state index is 11.3. The van der Waals surface area contributed by atoms with Crippen LogP contribution in [0.1, 0.15) is 0 Å². The third-order valence-electron chi connectivity index (χ3n) is 7.09. The van der Waals surface area contributed by atoms with Gasteiger partial charge in [0.1, 0.15) is 28.7 Å². The molecule has 0 atom stereocenters. The average molecular weight is 509 g/mol. The van der Waals surface area contributed by atoms with Crippen molar-refractivity contribution in [2.24, 2.45) is 0 Å². The zero-order chi connectivity index (χ0) is 26.7. The molecule has 0 spiro atoms. The largest absolute Gasteiger partial charge is 0.508 e. The van der Waals surface area contributed by atoms with E-state index in [-0.39, 0.29) is 23.0 Å². The minimum Gasteiger partial charge on any atom is -0.508 e. The summed E-state index contributed by atoms with van der Waals surface area (Å²) in [6.45, 7) is 0. The van der Waals surface area contributed by atoms with E-state index >= 15 is 0 Å². The van der Waals surface area contributed by atoms with E-state index in [0.717, 1.165) is 26.9 Å². The van der Waals surface area contributed by atoms with Gasteiger partial charge >= 0.3 is 0 Å². The maximum absolute atomic E-state index is 11.3. The number of benzene rings is 6. The third kappa shape index (κ3) is 3.29. The van der Waals surface area contributed by atoms with Gasteiger partial charge in [0.05, 0.1) is 21.3 Å². The van der Waals surface area contributed by atoms with Crippen molar-refractivity contribution in [1.29, 1.82) is 0 Å². The Balaban J connectivity index is 1.81. The van der Waals surface area contributed by atoms with Crippen LogP contribution in [-0.4, -0.2) is 41.8 Å². The Morgan fingerprint density at radius 1 is 0.447 bits per heavy atom. The first-order valence-corrected chi connectivity index (χ1v) is 11.9. The van der Waals surface area contributed by atoms with E-state index < -0.39 is 0 Å². The molecule has 4 N–H and O–H groups in total. The molecule has 0 aliphatic heterocycles. The number of phenolic OH excluding ortho intramolecular Hbond substituents is 4. The molecule has 6 rings (SSSR count). The van der Waals surface area contributed by atoms with Gasteiger partial charge in [-0.1, -0.05) is 24.3 Å². The summed E-state index contributed by atoms with van der Waals surface area (Å²) in [5.41, 5.74) is 0.837. The van der Waals surface area contributed by atoms with Gasteiger partial charge in [-0.3, -0.25) is 0 Å². The van der Waals surface area contributed by atoms with Gasteiger partial charge in [0.25, 0.3) is 0 Å². The molecule has 0 aliphatic carbocycles. The fourth-order valence-corrected chi connectivity index (χ4v) is 5.43. The minimum atomic E-state index is -0.0768. The Labute approximate surface area is 217 Å². The number of aromatic hydroxyl groups is 4. The van der Waals surface area contributed by atoms with Crippen LogP contribution in [0, 0.1) is 0 Å². The topological polar surface area (TPSA) is 109 Å². The third-order valence-corrected chi connectivity index (χ3v) is 7.09. The number of rotatable bonds is 4. The maximum Gasteiger partial charge on any atom is 0.161 e. The Morgan fingerprint density at radius 2 is 0.947 bits per heavy atom. The molecule has 7 nitrogen and oxygen atoms in total. The first kappa shape index (κ1) is 23.4. The first-order valence-electron chi connectivity index (χ1n) is 11.9. The standard InChI is InChI=1S/C31H24O7/c1-36-25-12-21-16(11-22(25)33)5-8-20-29(21)27(38-3)14-24(35)31(20)30-19-7-4-15-10-17(32)6-9-18(15)28(19)26(37-2)13-23(30)34/h4-14,32-35H,1-3H3. The molecule has 0 fully saturated rings. The molecule has 0 heterocycles. The quantitative estimate of drug-likeness (QED) is 0.194. The summed E-state index contributed by atoms with van der Waals surface area (Å²) in [6.07, 6.45) is 0. The summed E-state index contributed by atoms with van der Waals surface area (Å²) in [4.78, 5) is 0. The first-order chi connectivity index (χ1) is 18.4. The van der Waals surface area contributed by atoms with Crippen LogP contribution in [0.5, 0.6) is 40.2 Å². The van der Waals surface area contributed by atoms with Crippen LogP contribution < -0.4 is 14.2 Å². The van der Waals surface area contributed by atoms with E-state index in [9.17, 15) is 20.4 Å². The van der Waals surface area contributed by atoms with Gasteiger partial charge in [0.15, 0.2) is 11.5 Å². The van der Waals surface area contributed by atoms with Crippen LogP contribution in [0.2, 0.25) is 0 Å². The summed E-state index contributed by atoms with van der Waals surface area (Å²) in [5, 5.41) is 48.8. The predicted octanol–water partition coefficient (Wildman–Crippen LogP) is 6.81. The van der Waals surface area contributed by atoms with E-state index in [1.165, 1.54) is 33.5 Å². The van der Waals surface area contributed by atoms with Crippen molar-refractivity contribution in [3.05, 3.63) is 66.7 Å². The fourth-order valence-electron chi connectivity index (χ4n) is 5.43. The monoisotopic (exact) mass is 508 g/mol. The highest BCUT2D eigenvalue weighted by Crippen LogP contribution is 2.52. The summed E-state index contributed by atoms with van der Waals surface area (Å²) in [7, 11) is 4.53. The fraction of sp³-hybridized carbons (Fsp3) is 0.0968. The van der Waals surface area contributed by atoms with Crippen LogP contribution >= 0.6 is 0 Å². The predicted molar refractivity (Wildman–Crippen MR) is 148 cm³/mol. The van der Waals surface area contributed by atoms with E-state index in [2.05, 4.69) is 0 Å². The minimum absolute atomic E-state index is 0.00836. The molecule has 38 heavy (non-hydrogen) atoms.